The molecule has 0 radical (unpaired) electrons. The van der Waals surface area contributed by atoms with Crippen molar-refractivity contribution in [2.45, 2.75) is 10.9 Å². The van der Waals surface area contributed by atoms with Crippen LogP contribution < -0.4 is 5.32 Å². The average Bonchev–Trinajstić information content (AvgIpc) is 2.54. The highest BCUT2D eigenvalue weighted by Crippen LogP contribution is 2.29. The van der Waals surface area contributed by atoms with E-state index in [0.29, 0.717) is 0 Å². The molecule has 1 aromatic heterocycles. The zero-order valence-electron chi connectivity index (χ0n) is 12.0. The van der Waals surface area contributed by atoms with Gasteiger partial charge in [-0.25, -0.2) is 18.4 Å². The highest BCUT2D eigenvalue weighted by Gasteiger charge is 2.45. The maximum atomic E-state index is 12.5. The van der Waals surface area contributed by atoms with Crippen molar-refractivity contribution in [1.29, 1.82) is 0 Å². The summed E-state index contributed by atoms with van der Waals surface area (Å²) in [6.07, 6.45) is 2.84. The molecule has 1 N–H and O–H groups in total. The van der Waals surface area contributed by atoms with E-state index < -0.39 is 27.8 Å². The average molecular weight is 332 g/mol. The third-order valence-electron chi connectivity index (χ3n) is 3.47. The van der Waals surface area contributed by atoms with Crippen LogP contribution in [0.2, 0.25) is 0 Å². The minimum atomic E-state index is -3.93. The largest absolute Gasteiger partial charge is 0.293 e. The predicted molar refractivity (Wildman–Crippen MR) is 80.2 cm³/mol. The molecule has 0 saturated heterocycles. The second kappa shape index (κ2) is 5.52. The van der Waals surface area contributed by atoms with Crippen LogP contribution in [0, 0.1) is 0 Å². The van der Waals surface area contributed by atoms with Gasteiger partial charge in [0.05, 0.1) is 4.90 Å². The van der Waals surface area contributed by atoms with Gasteiger partial charge >= 0.3 is 0 Å². The Morgan fingerprint density at radius 2 is 1.83 bits per heavy atom. The maximum absolute atomic E-state index is 12.5. The lowest BCUT2D eigenvalue weighted by molar-refractivity contribution is -0.118. The highest BCUT2D eigenvalue weighted by atomic mass is 32.2. The van der Waals surface area contributed by atoms with Gasteiger partial charge in [-0.2, -0.15) is 4.31 Å². The molecule has 1 aliphatic heterocycles. The number of ketones is 1. The molecule has 0 bridgehead atoms. The van der Waals surface area contributed by atoms with Gasteiger partial charge in [-0.3, -0.25) is 14.9 Å². The van der Waals surface area contributed by atoms with Gasteiger partial charge in [-0.1, -0.05) is 12.1 Å². The van der Waals surface area contributed by atoms with Crippen LogP contribution in [0.3, 0.4) is 0 Å². The number of hydrogen-bond acceptors (Lipinski definition) is 6. The van der Waals surface area contributed by atoms with E-state index in [0.717, 1.165) is 4.31 Å². The number of anilines is 1. The van der Waals surface area contributed by atoms with Gasteiger partial charge in [-0.05, 0) is 18.2 Å². The number of sulfonamides is 1. The van der Waals surface area contributed by atoms with E-state index in [1.54, 1.807) is 12.1 Å². The Balaban J connectivity index is 2.01. The van der Waals surface area contributed by atoms with Crippen LogP contribution in [-0.4, -0.2) is 47.5 Å². The lowest BCUT2D eigenvalue weighted by Gasteiger charge is -2.30. The molecule has 1 aromatic carbocycles. The van der Waals surface area contributed by atoms with Gasteiger partial charge in [0.25, 0.3) is 5.91 Å². The van der Waals surface area contributed by atoms with E-state index in [1.807, 2.05) is 0 Å². The Morgan fingerprint density at radius 3 is 2.52 bits per heavy atom. The van der Waals surface area contributed by atoms with Crippen LogP contribution >= 0.6 is 0 Å². The fourth-order valence-electron chi connectivity index (χ4n) is 2.33. The van der Waals surface area contributed by atoms with E-state index in [9.17, 15) is 18.0 Å². The topological polar surface area (TPSA) is 109 Å². The molecule has 0 unspecified atom stereocenters. The van der Waals surface area contributed by atoms with Crippen LogP contribution in [0.4, 0.5) is 5.95 Å². The molecular weight excluding hydrogens is 320 g/mol. The minimum Gasteiger partial charge on any atom is -0.293 e. The molecule has 3 rings (SSSR count). The van der Waals surface area contributed by atoms with Crippen molar-refractivity contribution in [2.75, 3.05) is 12.4 Å². The Bertz CT molecular complexity index is 883. The Hall–Kier alpha value is -2.65. The van der Waals surface area contributed by atoms with Crippen molar-refractivity contribution in [3.05, 3.63) is 48.3 Å². The zero-order valence-corrected chi connectivity index (χ0v) is 12.8. The van der Waals surface area contributed by atoms with Crippen LogP contribution in [-0.2, 0) is 14.8 Å². The smallest absolute Gasteiger partial charge is 0.253 e. The summed E-state index contributed by atoms with van der Waals surface area (Å²) in [6, 6.07) is 5.87. The van der Waals surface area contributed by atoms with Crippen LogP contribution in [0.5, 0.6) is 0 Å². The van der Waals surface area contributed by atoms with Gasteiger partial charge < -0.3 is 0 Å². The number of carbonyl (C=O) groups is 2. The molecule has 1 amide bonds. The lowest BCUT2D eigenvalue weighted by atomic mass is 10.0. The molecule has 8 nitrogen and oxygen atoms in total. The standard InChI is InChI=1S/C14H12N4O4S/c1-18-11(13(20)17-14-15-7-4-8-16-14)12(19)9-5-2-3-6-10(9)23(18,21)22/h2-8,11H,1H3,(H,15,16,17,20)/t11-/m0/s1. The number of likely N-dealkylation sites (N-methyl/N-ethyl adjacent to an activating group) is 1. The molecular formula is C14H12N4O4S. The third-order valence-corrected chi connectivity index (χ3v) is 5.35. The van der Waals surface area contributed by atoms with Gasteiger partial charge in [0, 0.05) is 25.0 Å². The van der Waals surface area contributed by atoms with E-state index in [2.05, 4.69) is 15.3 Å². The maximum Gasteiger partial charge on any atom is 0.253 e. The fraction of sp³-hybridized carbons (Fsp3) is 0.143. The second-order valence-corrected chi connectivity index (χ2v) is 6.81. The summed E-state index contributed by atoms with van der Waals surface area (Å²) in [5.74, 6) is -1.40. The monoisotopic (exact) mass is 332 g/mol. The summed E-state index contributed by atoms with van der Waals surface area (Å²) in [5.41, 5.74) is -0.000250. The summed E-state index contributed by atoms with van der Waals surface area (Å²) in [7, 11) is -2.74. The van der Waals surface area contributed by atoms with Gasteiger partial charge in [0.15, 0.2) is 11.8 Å². The van der Waals surface area contributed by atoms with Crippen molar-refractivity contribution >= 4 is 27.7 Å². The summed E-state index contributed by atoms with van der Waals surface area (Å²) in [5, 5.41) is 2.35. The number of hydrogen-bond donors (Lipinski definition) is 1. The van der Waals surface area contributed by atoms with Gasteiger partial charge in [0.1, 0.15) is 0 Å². The molecule has 9 heteroatoms. The van der Waals surface area contributed by atoms with Crippen molar-refractivity contribution in [2.24, 2.45) is 0 Å². The molecule has 0 saturated carbocycles. The summed E-state index contributed by atoms with van der Waals surface area (Å²) in [6.45, 7) is 0. The lowest BCUT2D eigenvalue weighted by Crippen LogP contribution is -2.53. The Morgan fingerprint density at radius 1 is 1.17 bits per heavy atom. The number of rotatable bonds is 2. The predicted octanol–water partition coefficient (Wildman–Crippen LogP) is 0.301. The molecule has 2 heterocycles. The van der Waals surface area contributed by atoms with E-state index in [1.165, 1.54) is 37.6 Å². The summed E-state index contributed by atoms with van der Waals surface area (Å²) >= 11 is 0. The highest BCUT2D eigenvalue weighted by molar-refractivity contribution is 7.89. The molecule has 118 valence electrons. The van der Waals surface area contributed by atoms with E-state index in [-0.39, 0.29) is 16.4 Å². The minimum absolute atomic E-state index is 0.000250. The summed E-state index contributed by atoms with van der Waals surface area (Å²) < 4.78 is 25.7. The summed E-state index contributed by atoms with van der Waals surface area (Å²) in [4.78, 5) is 32.4. The molecule has 23 heavy (non-hydrogen) atoms. The van der Waals surface area contributed by atoms with Crippen LogP contribution in [0.25, 0.3) is 0 Å². The number of Topliss-reactive ketones (excluding diaryl/α,β-unsaturated/α-hetero) is 1. The molecule has 0 aliphatic carbocycles. The van der Waals surface area contributed by atoms with E-state index >= 15 is 0 Å². The zero-order chi connectivity index (χ0) is 16.6. The molecule has 1 atom stereocenters. The number of nitrogens with one attached hydrogen (secondary N) is 1. The number of amides is 1. The number of carbonyl (C=O) groups excluding carboxylic acids is 2. The number of nitrogens with zero attached hydrogens (tertiary/aromatic N) is 3. The van der Waals surface area contributed by atoms with E-state index in [4.69, 9.17) is 0 Å². The second-order valence-electron chi connectivity index (χ2n) is 4.85. The van der Waals surface area contributed by atoms with Crippen molar-refractivity contribution < 1.29 is 18.0 Å². The normalized spacial score (nSPS) is 19.9. The number of aromatic nitrogens is 2. The van der Waals surface area contributed by atoms with Gasteiger partial charge in [-0.15, -0.1) is 0 Å². The molecule has 0 spiro atoms. The van der Waals surface area contributed by atoms with Crippen molar-refractivity contribution in [3.8, 4) is 0 Å². The Labute approximate surface area is 132 Å². The third kappa shape index (κ3) is 2.49. The molecule has 0 fully saturated rings. The van der Waals surface area contributed by atoms with Crippen molar-refractivity contribution in [3.63, 3.8) is 0 Å². The molecule has 2 aromatic rings. The first-order valence-electron chi connectivity index (χ1n) is 6.62. The van der Waals surface area contributed by atoms with Crippen molar-refractivity contribution in [1.82, 2.24) is 14.3 Å². The fourth-order valence-corrected chi connectivity index (χ4v) is 3.80. The number of fused-ring (bicyclic) bond motifs is 1. The quantitative estimate of drug-likeness (QED) is 0.792. The van der Waals surface area contributed by atoms with Gasteiger partial charge in [0.2, 0.25) is 16.0 Å². The van der Waals surface area contributed by atoms with Crippen LogP contribution in [0.1, 0.15) is 10.4 Å². The molecule has 1 aliphatic rings. The first-order valence-corrected chi connectivity index (χ1v) is 8.06. The SMILES string of the molecule is CN1[C@H](C(=O)Nc2ncccn2)C(=O)c2ccccc2S1(=O)=O. The first-order chi connectivity index (χ1) is 10.9. The first kappa shape index (κ1) is 15.3. The van der Waals surface area contributed by atoms with Crippen LogP contribution in [0.15, 0.2) is 47.6 Å². The Kier molecular flexibility index (Phi) is 3.66. The number of benzene rings is 1.